The SMILES string of the molecule is CCNc1nc(-c2ncc[nH]2)nc(C(C)(C)C)c1Br. The lowest BCUT2D eigenvalue weighted by Crippen LogP contribution is -2.17. The summed E-state index contributed by atoms with van der Waals surface area (Å²) in [6.45, 7) is 9.22. The van der Waals surface area contributed by atoms with Crippen molar-refractivity contribution < 1.29 is 0 Å². The van der Waals surface area contributed by atoms with Gasteiger partial charge >= 0.3 is 0 Å². The molecule has 19 heavy (non-hydrogen) atoms. The summed E-state index contributed by atoms with van der Waals surface area (Å²) >= 11 is 3.60. The quantitative estimate of drug-likeness (QED) is 0.908. The molecule has 0 unspecified atom stereocenters. The number of hydrogen-bond donors (Lipinski definition) is 2. The Morgan fingerprint density at radius 3 is 2.58 bits per heavy atom. The molecule has 0 saturated heterocycles. The van der Waals surface area contributed by atoms with Crippen molar-refractivity contribution in [3.63, 3.8) is 0 Å². The lowest BCUT2D eigenvalue weighted by Gasteiger charge is -2.21. The first-order valence-electron chi connectivity index (χ1n) is 6.25. The normalized spacial score (nSPS) is 11.6. The zero-order valence-corrected chi connectivity index (χ0v) is 13.2. The second kappa shape index (κ2) is 5.28. The second-order valence-corrected chi connectivity index (χ2v) is 6.07. The first-order chi connectivity index (χ1) is 8.93. The third kappa shape index (κ3) is 2.94. The first-order valence-corrected chi connectivity index (χ1v) is 7.04. The van der Waals surface area contributed by atoms with E-state index >= 15 is 0 Å². The molecule has 0 aliphatic rings. The highest BCUT2D eigenvalue weighted by Crippen LogP contribution is 2.33. The molecular weight excluding hydrogens is 306 g/mol. The zero-order valence-electron chi connectivity index (χ0n) is 11.6. The largest absolute Gasteiger partial charge is 0.369 e. The number of nitrogens with one attached hydrogen (secondary N) is 2. The van der Waals surface area contributed by atoms with Crippen LogP contribution in [0.15, 0.2) is 16.9 Å². The highest BCUT2D eigenvalue weighted by Gasteiger charge is 2.23. The van der Waals surface area contributed by atoms with E-state index in [-0.39, 0.29) is 5.41 Å². The zero-order chi connectivity index (χ0) is 14.0. The van der Waals surface area contributed by atoms with Crippen LogP contribution in [-0.2, 0) is 5.41 Å². The summed E-state index contributed by atoms with van der Waals surface area (Å²) in [5, 5.41) is 3.25. The van der Waals surface area contributed by atoms with Gasteiger partial charge in [-0.15, -0.1) is 0 Å². The van der Waals surface area contributed by atoms with Crippen LogP contribution in [0.5, 0.6) is 0 Å². The Morgan fingerprint density at radius 2 is 2.05 bits per heavy atom. The van der Waals surface area contributed by atoms with E-state index in [1.807, 2.05) is 6.92 Å². The number of hydrogen-bond acceptors (Lipinski definition) is 4. The molecule has 0 aliphatic heterocycles. The maximum atomic E-state index is 4.64. The molecule has 0 aliphatic carbocycles. The lowest BCUT2D eigenvalue weighted by atomic mass is 9.92. The van der Waals surface area contributed by atoms with Gasteiger partial charge in [-0.1, -0.05) is 20.8 Å². The molecule has 0 radical (unpaired) electrons. The van der Waals surface area contributed by atoms with Gasteiger partial charge in [-0.05, 0) is 22.9 Å². The number of aromatic amines is 1. The maximum Gasteiger partial charge on any atom is 0.197 e. The minimum absolute atomic E-state index is 0.0761. The average molecular weight is 324 g/mol. The van der Waals surface area contributed by atoms with E-state index in [2.05, 4.69) is 62.0 Å². The van der Waals surface area contributed by atoms with Gasteiger partial charge in [0.15, 0.2) is 11.6 Å². The van der Waals surface area contributed by atoms with Crippen LogP contribution >= 0.6 is 15.9 Å². The smallest absolute Gasteiger partial charge is 0.197 e. The van der Waals surface area contributed by atoms with Crippen LogP contribution < -0.4 is 5.32 Å². The van der Waals surface area contributed by atoms with Gasteiger partial charge in [0.1, 0.15) is 5.82 Å². The number of aromatic nitrogens is 4. The summed E-state index contributed by atoms with van der Waals surface area (Å²) in [6, 6.07) is 0. The minimum atomic E-state index is -0.0761. The van der Waals surface area contributed by atoms with E-state index in [0.717, 1.165) is 22.5 Å². The number of halogens is 1. The molecule has 2 N–H and O–H groups in total. The molecule has 2 aromatic heterocycles. The number of nitrogens with zero attached hydrogens (tertiary/aromatic N) is 3. The number of anilines is 1. The van der Waals surface area contributed by atoms with Crippen LogP contribution in [0.1, 0.15) is 33.4 Å². The molecule has 0 atom stereocenters. The lowest BCUT2D eigenvalue weighted by molar-refractivity contribution is 0.564. The Morgan fingerprint density at radius 1 is 1.32 bits per heavy atom. The van der Waals surface area contributed by atoms with Crippen molar-refractivity contribution in [2.45, 2.75) is 33.1 Å². The molecule has 5 nitrogen and oxygen atoms in total. The van der Waals surface area contributed by atoms with Crippen molar-refractivity contribution >= 4 is 21.7 Å². The fourth-order valence-corrected chi connectivity index (χ4v) is 2.63. The van der Waals surface area contributed by atoms with Crippen molar-refractivity contribution in [1.29, 1.82) is 0 Å². The van der Waals surface area contributed by atoms with Crippen LogP contribution in [0.25, 0.3) is 11.6 Å². The topological polar surface area (TPSA) is 66.5 Å². The standard InChI is InChI=1S/C13H18BrN5/c1-5-15-10-8(14)9(13(2,3)4)18-12(19-10)11-16-6-7-17-11/h6-7H,5H2,1-4H3,(H,16,17)(H,15,18,19). The molecule has 6 heteroatoms. The van der Waals surface area contributed by atoms with Gasteiger partial charge in [-0.2, -0.15) is 0 Å². The maximum absolute atomic E-state index is 4.64. The van der Waals surface area contributed by atoms with Gasteiger partial charge in [-0.25, -0.2) is 15.0 Å². The molecule has 2 heterocycles. The average Bonchev–Trinajstić information content (AvgIpc) is 2.84. The summed E-state index contributed by atoms with van der Waals surface area (Å²) < 4.78 is 0.914. The summed E-state index contributed by atoms with van der Waals surface area (Å²) in [6.07, 6.45) is 3.47. The Labute approximate surface area is 121 Å². The molecule has 0 fully saturated rings. The summed E-state index contributed by atoms with van der Waals surface area (Å²) in [7, 11) is 0. The number of imidazole rings is 1. The van der Waals surface area contributed by atoms with Crippen molar-refractivity contribution in [2.75, 3.05) is 11.9 Å². The summed E-state index contributed by atoms with van der Waals surface area (Å²) in [5.74, 6) is 2.08. The molecular formula is C13H18BrN5. The van der Waals surface area contributed by atoms with Crippen LogP contribution in [-0.4, -0.2) is 26.5 Å². The van der Waals surface area contributed by atoms with Gasteiger partial charge in [0.05, 0.1) is 10.2 Å². The molecule has 0 bridgehead atoms. The van der Waals surface area contributed by atoms with Gasteiger partial charge in [0, 0.05) is 24.4 Å². The Bertz CT molecular complexity index is 557. The van der Waals surface area contributed by atoms with Crippen molar-refractivity contribution in [2.24, 2.45) is 0 Å². The summed E-state index contributed by atoms with van der Waals surface area (Å²) in [4.78, 5) is 16.4. The minimum Gasteiger partial charge on any atom is -0.369 e. The van der Waals surface area contributed by atoms with Crippen LogP contribution in [0, 0.1) is 0 Å². The third-order valence-corrected chi connectivity index (χ3v) is 3.37. The molecule has 0 spiro atoms. The highest BCUT2D eigenvalue weighted by atomic mass is 79.9. The van der Waals surface area contributed by atoms with E-state index in [1.54, 1.807) is 12.4 Å². The molecule has 102 valence electrons. The van der Waals surface area contributed by atoms with Gasteiger partial charge < -0.3 is 10.3 Å². The van der Waals surface area contributed by atoms with Crippen LogP contribution in [0.4, 0.5) is 5.82 Å². The van der Waals surface area contributed by atoms with Gasteiger partial charge in [0.2, 0.25) is 0 Å². The van der Waals surface area contributed by atoms with E-state index in [9.17, 15) is 0 Å². The van der Waals surface area contributed by atoms with Crippen molar-refractivity contribution in [1.82, 2.24) is 19.9 Å². The predicted molar refractivity (Wildman–Crippen MR) is 80.2 cm³/mol. The molecule has 0 saturated carbocycles. The van der Waals surface area contributed by atoms with E-state index in [4.69, 9.17) is 0 Å². The van der Waals surface area contributed by atoms with Crippen molar-refractivity contribution in [3.8, 4) is 11.6 Å². The molecule has 2 rings (SSSR count). The van der Waals surface area contributed by atoms with Crippen LogP contribution in [0.3, 0.4) is 0 Å². The Balaban J connectivity index is 2.61. The fraction of sp³-hybridized carbons (Fsp3) is 0.462. The van der Waals surface area contributed by atoms with Crippen molar-refractivity contribution in [3.05, 3.63) is 22.6 Å². The number of rotatable bonds is 3. The molecule has 2 aromatic rings. The van der Waals surface area contributed by atoms with E-state index < -0.39 is 0 Å². The monoisotopic (exact) mass is 323 g/mol. The van der Waals surface area contributed by atoms with Gasteiger partial charge in [-0.3, -0.25) is 0 Å². The Kier molecular flexibility index (Phi) is 3.89. The van der Waals surface area contributed by atoms with E-state index in [1.165, 1.54) is 0 Å². The molecule has 0 amide bonds. The highest BCUT2D eigenvalue weighted by molar-refractivity contribution is 9.10. The third-order valence-electron chi connectivity index (χ3n) is 2.62. The predicted octanol–water partition coefficient (Wildman–Crippen LogP) is 3.36. The van der Waals surface area contributed by atoms with E-state index in [0.29, 0.717) is 11.6 Å². The van der Waals surface area contributed by atoms with Gasteiger partial charge in [0.25, 0.3) is 0 Å². The second-order valence-electron chi connectivity index (χ2n) is 5.28. The molecule has 0 aromatic carbocycles. The van der Waals surface area contributed by atoms with Crippen LogP contribution in [0.2, 0.25) is 0 Å². The Hall–Kier alpha value is -1.43. The fourth-order valence-electron chi connectivity index (χ4n) is 1.72. The first kappa shape index (κ1) is 14.0. The summed E-state index contributed by atoms with van der Waals surface area (Å²) in [5.41, 5.74) is 0.887. The number of H-pyrrole nitrogens is 1.